The molecular formula is C26H30FN5OS. The van der Waals surface area contributed by atoms with Crippen LogP contribution in [0.3, 0.4) is 0 Å². The molecule has 0 radical (unpaired) electrons. The van der Waals surface area contributed by atoms with Gasteiger partial charge in [0.1, 0.15) is 5.82 Å². The second-order valence-electron chi connectivity index (χ2n) is 8.99. The second kappa shape index (κ2) is 10.3. The van der Waals surface area contributed by atoms with Gasteiger partial charge in [0.25, 0.3) is 0 Å². The van der Waals surface area contributed by atoms with Crippen molar-refractivity contribution in [3.8, 4) is 5.69 Å². The molecule has 178 valence electrons. The summed E-state index contributed by atoms with van der Waals surface area (Å²) < 4.78 is 15.6. The average Bonchev–Trinajstić information content (AvgIpc) is 3.31. The van der Waals surface area contributed by atoms with E-state index in [0.29, 0.717) is 5.16 Å². The first-order chi connectivity index (χ1) is 16.6. The summed E-state index contributed by atoms with van der Waals surface area (Å²) in [7, 11) is 0. The minimum absolute atomic E-state index is 0.0661. The highest BCUT2D eigenvalue weighted by atomic mass is 32.2. The number of para-hydroxylation sites is 1. The predicted molar refractivity (Wildman–Crippen MR) is 133 cm³/mol. The average molecular weight is 480 g/mol. The van der Waals surface area contributed by atoms with Crippen molar-refractivity contribution in [2.45, 2.75) is 50.2 Å². The van der Waals surface area contributed by atoms with Gasteiger partial charge >= 0.3 is 0 Å². The SMILES string of the molecule is C[C@H](c1nnc(SCC(=O)N2CCCc3ccccc32)n1-c1ccc(F)cc1)N1CCCCC1. The van der Waals surface area contributed by atoms with Crippen LogP contribution in [0.25, 0.3) is 5.69 Å². The van der Waals surface area contributed by atoms with Crippen molar-refractivity contribution in [2.24, 2.45) is 0 Å². The smallest absolute Gasteiger partial charge is 0.237 e. The minimum Gasteiger partial charge on any atom is -0.311 e. The number of nitrogens with zero attached hydrogens (tertiary/aromatic N) is 5. The zero-order chi connectivity index (χ0) is 23.5. The number of aryl methyl sites for hydroxylation is 1. The number of benzene rings is 2. The molecule has 2 aliphatic heterocycles. The Balaban J connectivity index is 1.40. The van der Waals surface area contributed by atoms with Gasteiger partial charge in [-0.25, -0.2) is 4.39 Å². The maximum absolute atomic E-state index is 13.7. The molecule has 2 aromatic carbocycles. The van der Waals surface area contributed by atoms with Gasteiger partial charge < -0.3 is 4.90 Å². The molecule has 5 rings (SSSR count). The summed E-state index contributed by atoms with van der Waals surface area (Å²) in [5.74, 6) is 0.880. The molecule has 34 heavy (non-hydrogen) atoms. The first-order valence-corrected chi connectivity index (χ1v) is 13.1. The van der Waals surface area contributed by atoms with Gasteiger partial charge in [-0.15, -0.1) is 10.2 Å². The number of thioether (sulfide) groups is 1. The molecule has 0 unspecified atom stereocenters. The number of hydrogen-bond donors (Lipinski definition) is 0. The second-order valence-corrected chi connectivity index (χ2v) is 9.93. The summed E-state index contributed by atoms with van der Waals surface area (Å²) in [5, 5.41) is 9.68. The molecule has 6 nitrogen and oxygen atoms in total. The summed E-state index contributed by atoms with van der Waals surface area (Å²) >= 11 is 1.39. The number of carbonyl (C=O) groups is 1. The summed E-state index contributed by atoms with van der Waals surface area (Å²) in [6, 6.07) is 14.6. The number of hydrogen-bond acceptors (Lipinski definition) is 5. The minimum atomic E-state index is -0.282. The van der Waals surface area contributed by atoms with Crippen molar-refractivity contribution in [1.82, 2.24) is 19.7 Å². The highest BCUT2D eigenvalue weighted by Crippen LogP contribution is 2.31. The van der Waals surface area contributed by atoms with E-state index in [0.717, 1.165) is 49.7 Å². The van der Waals surface area contributed by atoms with Crippen LogP contribution in [0.1, 0.15) is 50.0 Å². The van der Waals surface area contributed by atoms with Crippen LogP contribution in [0.5, 0.6) is 0 Å². The van der Waals surface area contributed by atoms with Gasteiger partial charge in [-0.2, -0.15) is 0 Å². The summed E-state index contributed by atoms with van der Waals surface area (Å²) in [4.78, 5) is 17.5. The highest BCUT2D eigenvalue weighted by Gasteiger charge is 2.27. The molecule has 1 saturated heterocycles. The van der Waals surface area contributed by atoms with Crippen LogP contribution >= 0.6 is 11.8 Å². The fourth-order valence-electron chi connectivity index (χ4n) is 4.94. The van der Waals surface area contributed by atoms with Gasteiger partial charge in [0.15, 0.2) is 11.0 Å². The van der Waals surface area contributed by atoms with Crippen molar-refractivity contribution in [3.05, 3.63) is 65.7 Å². The molecular weight excluding hydrogens is 449 g/mol. The third-order valence-corrected chi connectivity index (χ3v) is 7.71. The summed E-state index contributed by atoms with van der Waals surface area (Å²) in [6.07, 6.45) is 5.60. The first-order valence-electron chi connectivity index (χ1n) is 12.1. The van der Waals surface area contributed by atoms with Crippen LogP contribution < -0.4 is 4.90 Å². The van der Waals surface area contributed by atoms with Crippen LogP contribution in [-0.4, -0.2) is 51.0 Å². The number of fused-ring (bicyclic) bond motifs is 1. The van der Waals surface area contributed by atoms with Crippen molar-refractivity contribution >= 4 is 23.4 Å². The van der Waals surface area contributed by atoms with Crippen LogP contribution in [-0.2, 0) is 11.2 Å². The third-order valence-electron chi connectivity index (χ3n) is 6.79. The molecule has 1 amide bonds. The first kappa shape index (κ1) is 23.1. The molecule has 2 aliphatic rings. The van der Waals surface area contributed by atoms with Gasteiger partial charge in [-0.1, -0.05) is 36.4 Å². The Kier molecular flexibility index (Phi) is 6.97. The number of rotatable bonds is 6. The molecule has 3 aromatic rings. The molecule has 8 heteroatoms. The number of anilines is 1. The Morgan fingerprint density at radius 3 is 2.56 bits per heavy atom. The maximum Gasteiger partial charge on any atom is 0.237 e. The zero-order valence-corrected chi connectivity index (χ0v) is 20.3. The van der Waals surface area contributed by atoms with E-state index in [1.165, 1.54) is 48.7 Å². The molecule has 0 saturated carbocycles. The predicted octanol–water partition coefficient (Wildman–Crippen LogP) is 5.02. The van der Waals surface area contributed by atoms with Gasteiger partial charge in [-0.3, -0.25) is 14.3 Å². The molecule has 0 spiro atoms. The topological polar surface area (TPSA) is 54.3 Å². The Morgan fingerprint density at radius 2 is 1.76 bits per heavy atom. The van der Waals surface area contributed by atoms with Crippen LogP contribution in [0.2, 0.25) is 0 Å². The Bertz CT molecular complexity index is 1140. The van der Waals surface area contributed by atoms with E-state index in [9.17, 15) is 9.18 Å². The lowest BCUT2D eigenvalue weighted by molar-refractivity contribution is -0.116. The van der Waals surface area contributed by atoms with Crippen molar-refractivity contribution in [1.29, 1.82) is 0 Å². The van der Waals surface area contributed by atoms with Crippen LogP contribution in [0.4, 0.5) is 10.1 Å². The van der Waals surface area contributed by atoms with Crippen molar-refractivity contribution in [3.63, 3.8) is 0 Å². The summed E-state index contributed by atoms with van der Waals surface area (Å²) in [6.45, 7) is 4.96. The number of amides is 1. The fourth-order valence-corrected chi connectivity index (χ4v) is 5.78. The fraction of sp³-hybridized carbons (Fsp3) is 0.423. The summed E-state index contributed by atoms with van der Waals surface area (Å²) in [5.41, 5.74) is 3.04. The van der Waals surface area contributed by atoms with Crippen molar-refractivity contribution in [2.75, 3.05) is 30.3 Å². The maximum atomic E-state index is 13.7. The molecule has 1 atom stereocenters. The van der Waals surface area contributed by atoms with Gasteiger partial charge in [0.2, 0.25) is 5.91 Å². The number of carbonyl (C=O) groups excluding carboxylic acids is 1. The molecule has 1 fully saturated rings. The lowest BCUT2D eigenvalue weighted by Gasteiger charge is -2.32. The molecule has 0 N–H and O–H groups in total. The van der Waals surface area contributed by atoms with Gasteiger partial charge in [0.05, 0.1) is 11.8 Å². The zero-order valence-electron chi connectivity index (χ0n) is 19.5. The lowest BCUT2D eigenvalue weighted by atomic mass is 10.0. The largest absolute Gasteiger partial charge is 0.311 e. The molecule has 1 aromatic heterocycles. The van der Waals surface area contributed by atoms with Gasteiger partial charge in [0, 0.05) is 17.9 Å². The number of likely N-dealkylation sites (tertiary alicyclic amines) is 1. The van der Waals surface area contributed by atoms with Crippen LogP contribution in [0, 0.1) is 5.82 Å². The highest BCUT2D eigenvalue weighted by molar-refractivity contribution is 7.99. The van der Waals surface area contributed by atoms with E-state index in [4.69, 9.17) is 0 Å². The number of aromatic nitrogens is 3. The standard InChI is InChI=1S/C26H30FN5OS/c1-19(30-15-5-2-6-16-30)25-28-29-26(32(25)22-13-11-21(27)12-14-22)34-18-24(33)31-17-7-9-20-8-3-4-10-23(20)31/h3-4,8,10-14,19H,2,5-7,9,15-18H2,1H3/t19-/m1/s1. The quantitative estimate of drug-likeness (QED) is 0.465. The Labute approximate surface area is 204 Å². The van der Waals surface area contributed by atoms with E-state index >= 15 is 0 Å². The monoisotopic (exact) mass is 479 g/mol. The molecule has 0 bridgehead atoms. The lowest BCUT2D eigenvalue weighted by Crippen LogP contribution is -2.36. The van der Waals surface area contributed by atoms with E-state index < -0.39 is 0 Å². The third kappa shape index (κ3) is 4.74. The van der Waals surface area contributed by atoms with Crippen LogP contribution in [0.15, 0.2) is 53.7 Å². The van der Waals surface area contributed by atoms with Gasteiger partial charge in [-0.05, 0) is 81.6 Å². The molecule has 3 heterocycles. The van der Waals surface area contributed by atoms with E-state index in [2.05, 4.69) is 28.1 Å². The molecule has 0 aliphatic carbocycles. The number of halogens is 1. The van der Waals surface area contributed by atoms with E-state index in [-0.39, 0.29) is 23.5 Å². The Hall–Kier alpha value is -2.71. The van der Waals surface area contributed by atoms with Crippen molar-refractivity contribution < 1.29 is 9.18 Å². The van der Waals surface area contributed by atoms with E-state index in [1.807, 2.05) is 27.7 Å². The Morgan fingerprint density at radius 1 is 1.00 bits per heavy atom. The normalized spacial score (nSPS) is 17.4. The number of piperidine rings is 1. The van der Waals surface area contributed by atoms with E-state index in [1.54, 1.807) is 12.1 Å².